The Balaban J connectivity index is 3.36. The summed E-state index contributed by atoms with van der Waals surface area (Å²) in [7, 11) is 0. The zero-order valence-corrected chi connectivity index (χ0v) is 8.97. The second-order valence-electron chi connectivity index (χ2n) is 3.35. The molecule has 0 saturated heterocycles. The maximum Gasteiger partial charge on any atom is 0.121 e. The number of phenols is 1. The summed E-state index contributed by atoms with van der Waals surface area (Å²) in [5.41, 5.74) is 7.62. The molecule has 0 saturated carbocycles. The molecule has 78 valence electrons. The van der Waals surface area contributed by atoms with Crippen LogP contribution in [0.1, 0.15) is 22.7 Å². The average molecular weight is 216 g/mol. The van der Waals surface area contributed by atoms with Gasteiger partial charge in [-0.25, -0.2) is 0 Å². The minimum atomic E-state index is -0.547. The Labute approximate surface area is 88.1 Å². The highest BCUT2D eigenvalue weighted by Crippen LogP contribution is 2.33. The van der Waals surface area contributed by atoms with Gasteiger partial charge in [0.15, 0.2) is 0 Å². The monoisotopic (exact) mass is 215 g/mol. The van der Waals surface area contributed by atoms with Crippen LogP contribution in [0.15, 0.2) is 6.07 Å². The van der Waals surface area contributed by atoms with Crippen LogP contribution in [0.2, 0.25) is 5.02 Å². The molecule has 0 spiro atoms. The van der Waals surface area contributed by atoms with Crippen molar-refractivity contribution in [2.24, 2.45) is 5.73 Å². The minimum Gasteiger partial charge on any atom is -0.507 e. The van der Waals surface area contributed by atoms with Gasteiger partial charge in [0.2, 0.25) is 0 Å². The fourth-order valence-electron chi connectivity index (χ4n) is 1.49. The van der Waals surface area contributed by atoms with E-state index in [0.29, 0.717) is 21.7 Å². The first kappa shape index (κ1) is 11.3. The molecule has 1 unspecified atom stereocenters. The molecule has 3 nitrogen and oxygen atoms in total. The van der Waals surface area contributed by atoms with Crippen molar-refractivity contribution >= 4 is 11.6 Å². The SMILES string of the molecule is Cc1cc(Cl)c(C(N)CO)c(C)c1O. The summed E-state index contributed by atoms with van der Waals surface area (Å²) in [6.45, 7) is 3.31. The van der Waals surface area contributed by atoms with E-state index >= 15 is 0 Å². The van der Waals surface area contributed by atoms with Crippen molar-refractivity contribution in [3.8, 4) is 5.75 Å². The molecule has 4 heteroatoms. The maximum atomic E-state index is 9.66. The van der Waals surface area contributed by atoms with Gasteiger partial charge in [-0.1, -0.05) is 11.6 Å². The Morgan fingerprint density at radius 3 is 2.57 bits per heavy atom. The van der Waals surface area contributed by atoms with Gasteiger partial charge in [0.05, 0.1) is 12.6 Å². The van der Waals surface area contributed by atoms with Crippen LogP contribution < -0.4 is 5.73 Å². The van der Waals surface area contributed by atoms with Crippen molar-refractivity contribution in [2.75, 3.05) is 6.61 Å². The first-order valence-electron chi connectivity index (χ1n) is 4.34. The summed E-state index contributed by atoms with van der Waals surface area (Å²) < 4.78 is 0. The van der Waals surface area contributed by atoms with Crippen LogP contribution in [0.3, 0.4) is 0 Å². The van der Waals surface area contributed by atoms with E-state index in [9.17, 15) is 5.11 Å². The van der Waals surface area contributed by atoms with E-state index in [-0.39, 0.29) is 12.4 Å². The Bertz CT molecular complexity index is 352. The highest BCUT2D eigenvalue weighted by Gasteiger charge is 2.16. The molecule has 0 amide bonds. The highest BCUT2D eigenvalue weighted by molar-refractivity contribution is 6.31. The first-order chi connectivity index (χ1) is 6.49. The van der Waals surface area contributed by atoms with Gasteiger partial charge in [0.25, 0.3) is 0 Å². The molecule has 0 aliphatic heterocycles. The number of hydrogen-bond acceptors (Lipinski definition) is 3. The van der Waals surface area contributed by atoms with Gasteiger partial charge in [-0.05, 0) is 36.6 Å². The molecule has 1 rings (SSSR count). The first-order valence-corrected chi connectivity index (χ1v) is 4.71. The summed E-state index contributed by atoms with van der Waals surface area (Å²) >= 11 is 5.98. The molecule has 0 radical (unpaired) electrons. The number of nitrogens with two attached hydrogens (primary N) is 1. The Hall–Kier alpha value is -0.770. The van der Waals surface area contributed by atoms with E-state index in [2.05, 4.69) is 0 Å². The Morgan fingerprint density at radius 1 is 1.50 bits per heavy atom. The van der Waals surface area contributed by atoms with Gasteiger partial charge in [0.1, 0.15) is 5.75 Å². The van der Waals surface area contributed by atoms with Gasteiger partial charge in [-0.3, -0.25) is 0 Å². The predicted molar refractivity (Wildman–Crippen MR) is 56.6 cm³/mol. The zero-order chi connectivity index (χ0) is 10.9. The van der Waals surface area contributed by atoms with E-state index in [1.54, 1.807) is 19.9 Å². The van der Waals surface area contributed by atoms with Gasteiger partial charge >= 0.3 is 0 Å². The summed E-state index contributed by atoms with van der Waals surface area (Å²) in [4.78, 5) is 0. The van der Waals surface area contributed by atoms with Crippen molar-refractivity contribution < 1.29 is 10.2 Å². The molecule has 4 N–H and O–H groups in total. The van der Waals surface area contributed by atoms with Crippen LogP contribution in [0.25, 0.3) is 0 Å². The molecule has 1 atom stereocenters. The van der Waals surface area contributed by atoms with Crippen molar-refractivity contribution in [3.63, 3.8) is 0 Å². The number of phenolic OH excluding ortho intramolecular Hbond substituents is 1. The van der Waals surface area contributed by atoms with Crippen molar-refractivity contribution in [1.82, 2.24) is 0 Å². The zero-order valence-electron chi connectivity index (χ0n) is 8.21. The second-order valence-corrected chi connectivity index (χ2v) is 3.76. The predicted octanol–water partition coefficient (Wildman–Crippen LogP) is 1.65. The van der Waals surface area contributed by atoms with Crippen LogP contribution in [-0.4, -0.2) is 16.8 Å². The Kier molecular flexibility index (Phi) is 3.37. The molecule has 0 aliphatic carbocycles. The third-order valence-corrected chi connectivity index (χ3v) is 2.61. The van der Waals surface area contributed by atoms with E-state index in [1.165, 1.54) is 0 Å². The standard InChI is InChI=1S/C10H14ClNO2/c1-5-3-7(11)9(8(12)4-13)6(2)10(5)14/h3,8,13-14H,4,12H2,1-2H3. The highest BCUT2D eigenvalue weighted by atomic mass is 35.5. The number of rotatable bonds is 2. The van der Waals surface area contributed by atoms with E-state index in [4.69, 9.17) is 22.4 Å². The summed E-state index contributed by atoms with van der Waals surface area (Å²) in [6.07, 6.45) is 0. The van der Waals surface area contributed by atoms with E-state index < -0.39 is 6.04 Å². The molecular formula is C10H14ClNO2. The fraction of sp³-hybridized carbons (Fsp3) is 0.400. The van der Waals surface area contributed by atoms with Gasteiger partial charge in [-0.15, -0.1) is 0 Å². The number of halogens is 1. The van der Waals surface area contributed by atoms with Gasteiger partial charge in [0, 0.05) is 5.02 Å². The van der Waals surface area contributed by atoms with E-state index in [0.717, 1.165) is 0 Å². The number of hydrogen-bond donors (Lipinski definition) is 3. The molecule has 14 heavy (non-hydrogen) atoms. The number of aliphatic hydroxyl groups excluding tert-OH is 1. The summed E-state index contributed by atoms with van der Waals surface area (Å²) in [5.74, 6) is 0.188. The number of aliphatic hydroxyl groups is 1. The van der Waals surface area contributed by atoms with Gasteiger partial charge in [-0.2, -0.15) is 0 Å². The average Bonchev–Trinajstić information content (AvgIpc) is 2.14. The molecule has 0 aromatic heterocycles. The van der Waals surface area contributed by atoms with Crippen LogP contribution in [0, 0.1) is 13.8 Å². The van der Waals surface area contributed by atoms with Crippen molar-refractivity contribution in [1.29, 1.82) is 0 Å². The lowest BCUT2D eigenvalue weighted by molar-refractivity contribution is 0.267. The van der Waals surface area contributed by atoms with Crippen LogP contribution in [0.4, 0.5) is 0 Å². The quantitative estimate of drug-likeness (QED) is 0.703. The lowest BCUT2D eigenvalue weighted by atomic mass is 9.99. The smallest absolute Gasteiger partial charge is 0.121 e. The van der Waals surface area contributed by atoms with Crippen molar-refractivity contribution in [3.05, 3.63) is 27.8 Å². The maximum absolute atomic E-state index is 9.66. The molecular weight excluding hydrogens is 202 g/mol. The lowest BCUT2D eigenvalue weighted by Crippen LogP contribution is -2.16. The largest absolute Gasteiger partial charge is 0.507 e. The number of benzene rings is 1. The molecule has 0 fully saturated rings. The van der Waals surface area contributed by atoms with Crippen LogP contribution >= 0.6 is 11.6 Å². The van der Waals surface area contributed by atoms with Crippen LogP contribution in [0.5, 0.6) is 5.75 Å². The normalized spacial score (nSPS) is 12.9. The number of aryl methyl sites for hydroxylation is 1. The topological polar surface area (TPSA) is 66.5 Å². The van der Waals surface area contributed by atoms with Gasteiger partial charge < -0.3 is 15.9 Å². The lowest BCUT2D eigenvalue weighted by Gasteiger charge is -2.16. The second kappa shape index (κ2) is 4.17. The third-order valence-electron chi connectivity index (χ3n) is 2.30. The molecule has 0 heterocycles. The molecule has 0 aliphatic rings. The minimum absolute atomic E-state index is 0.188. The fourth-order valence-corrected chi connectivity index (χ4v) is 1.93. The molecule has 1 aromatic rings. The van der Waals surface area contributed by atoms with E-state index in [1.807, 2.05) is 0 Å². The third kappa shape index (κ3) is 1.85. The summed E-state index contributed by atoms with van der Waals surface area (Å²) in [5, 5.41) is 19.1. The molecule has 1 aromatic carbocycles. The number of aromatic hydroxyl groups is 1. The summed E-state index contributed by atoms with van der Waals surface area (Å²) in [6, 6.07) is 1.10. The Morgan fingerprint density at radius 2 is 2.07 bits per heavy atom. The van der Waals surface area contributed by atoms with Crippen molar-refractivity contribution in [2.45, 2.75) is 19.9 Å². The molecule has 0 bridgehead atoms. The van der Waals surface area contributed by atoms with Crippen LogP contribution in [-0.2, 0) is 0 Å².